The summed E-state index contributed by atoms with van der Waals surface area (Å²) in [5.41, 5.74) is 2.12. The molecule has 0 amide bonds. The van der Waals surface area contributed by atoms with Gasteiger partial charge in [-0.2, -0.15) is 0 Å². The molecule has 5 heteroatoms. The number of ether oxygens (including phenoxy) is 1. The van der Waals surface area contributed by atoms with Crippen molar-refractivity contribution in [1.82, 2.24) is 0 Å². The van der Waals surface area contributed by atoms with Crippen molar-refractivity contribution in [2.75, 3.05) is 18.6 Å². The Labute approximate surface area is 161 Å². The summed E-state index contributed by atoms with van der Waals surface area (Å²) in [6.45, 7) is 2.96. The standard InChI is InChI=1S/C22H28N2O3/c1-3-4-10-21-22(24(25)26)20(17-8-6-5-7-9-17)15-16-23(21)18-11-13-19(27-2)14-12-18/h5-9,11-14,20-22H,3-4,10,15-16H2,1-2H3/t20-,21+,22+/m0/s1. The average molecular weight is 368 g/mol. The Morgan fingerprint density at radius 3 is 2.44 bits per heavy atom. The fourth-order valence-corrected chi connectivity index (χ4v) is 4.25. The van der Waals surface area contributed by atoms with Crippen LogP contribution in [0.15, 0.2) is 54.6 Å². The van der Waals surface area contributed by atoms with Gasteiger partial charge in [-0.1, -0.05) is 50.1 Å². The number of hydrogen-bond donors (Lipinski definition) is 0. The van der Waals surface area contributed by atoms with Gasteiger partial charge in [-0.25, -0.2) is 0 Å². The number of nitro groups is 1. The Kier molecular flexibility index (Phi) is 6.32. The highest BCUT2D eigenvalue weighted by molar-refractivity contribution is 5.51. The Morgan fingerprint density at radius 1 is 1.15 bits per heavy atom. The summed E-state index contributed by atoms with van der Waals surface area (Å²) in [6.07, 6.45) is 3.64. The highest BCUT2D eigenvalue weighted by atomic mass is 16.6. The van der Waals surface area contributed by atoms with Crippen LogP contribution < -0.4 is 9.64 Å². The van der Waals surface area contributed by atoms with Crippen molar-refractivity contribution < 1.29 is 9.66 Å². The van der Waals surface area contributed by atoms with Crippen LogP contribution in [0.1, 0.15) is 44.1 Å². The monoisotopic (exact) mass is 368 g/mol. The molecular weight excluding hydrogens is 340 g/mol. The zero-order valence-corrected chi connectivity index (χ0v) is 16.1. The van der Waals surface area contributed by atoms with Crippen molar-refractivity contribution in [1.29, 1.82) is 0 Å². The largest absolute Gasteiger partial charge is 0.497 e. The highest BCUT2D eigenvalue weighted by Crippen LogP contribution is 2.38. The van der Waals surface area contributed by atoms with Crippen LogP contribution in [-0.2, 0) is 0 Å². The van der Waals surface area contributed by atoms with E-state index in [9.17, 15) is 10.1 Å². The Bertz CT molecular complexity index is 733. The molecule has 0 N–H and O–H groups in total. The Morgan fingerprint density at radius 2 is 1.85 bits per heavy atom. The van der Waals surface area contributed by atoms with Crippen molar-refractivity contribution in [2.45, 2.75) is 50.6 Å². The van der Waals surface area contributed by atoms with Gasteiger partial charge in [0, 0.05) is 17.2 Å². The lowest BCUT2D eigenvalue weighted by molar-refractivity contribution is -0.532. The van der Waals surface area contributed by atoms with E-state index in [4.69, 9.17) is 4.74 Å². The van der Waals surface area contributed by atoms with Crippen molar-refractivity contribution >= 4 is 5.69 Å². The molecule has 1 aliphatic rings. The lowest BCUT2D eigenvalue weighted by Crippen LogP contribution is -2.55. The first-order chi connectivity index (χ1) is 13.2. The molecule has 2 aromatic rings. The van der Waals surface area contributed by atoms with E-state index >= 15 is 0 Å². The number of rotatable bonds is 7. The molecule has 1 fully saturated rings. The van der Waals surface area contributed by atoms with E-state index in [0.717, 1.165) is 49.2 Å². The van der Waals surface area contributed by atoms with Gasteiger partial charge in [0.15, 0.2) is 0 Å². The number of anilines is 1. The molecular formula is C22H28N2O3. The van der Waals surface area contributed by atoms with Crippen LogP contribution in [0.2, 0.25) is 0 Å². The zero-order chi connectivity index (χ0) is 19.2. The van der Waals surface area contributed by atoms with E-state index in [2.05, 4.69) is 11.8 Å². The van der Waals surface area contributed by atoms with Gasteiger partial charge in [-0.3, -0.25) is 10.1 Å². The summed E-state index contributed by atoms with van der Waals surface area (Å²) >= 11 is 0. The summed E-state index contributed by atoms with van der Waals surface area (Å²) < 4.78 is 5.26. The second kappa shape index (κ2) is 8.89. The third kappa shape index (κ3) is 4.24. The quantitative estimate of drug-likeness (QED) is 0.515. The van der Waals surface area contributed by atoms with Gasteiger partial charge >= 0.3 is 0 Å². The maximum atomic E-state index is 12.1. The fraction of sp³-hybridized carbons (Fsp3) is 0.455. The molecule has 0 aliphatic carbocycles. The summed E-state index contributed by atoms with van der Waals surface area (Å²) in [6, 6.07) is 17.1. The van der Waals surface area contributed by atoms with E-state index in [0.29, 0.717) is 0 Å². The van der Waals surface area contributed by atoms with Gasteiger partial charge in [0.25, 0.3) is 0 Å². The van der Waals surface area contributed by atoms with Crippen molar-refractivity contribution in [2.24, 2.45) is 0 Å². The predicted molar refractivity (Wildman–Crippen MR) is 108 cm³/mol. The van der Waals surface area contributed by atoms with E-state index in [-0.39, 0.29) is 16.9 Å². The Balaban J connectivity index is 1.94. The third-order valence-electron chi connectivity index (χ3n) is 5.62. The minimum absolute atomic E-state index is 0.0439. The second-order valence-electron chi connectivity index (χ2n) is 7.18. The van der Waals surface area contributed by atoms with Crippen LogP contribution in [0.4, 0.5) is 5.69 Å². The maximum absolute atomic E-state index is 12.1. The van der Waals surface area contributed by atoms with Crippen LogP contribution in [0.25, 0.3) is 0 Å². The Hall–Kier alpha value is -2.56. The molecule has 0 saturated carbocycles. The topological polar surface area (TPSA) is 55.6 Å². The molecule has 27 heavy (non-hydrogen) atoms. The highest BCUT2D eigenvalue weighted by Gasteiger charge is 2.46. The number of piperidine rings is 1. The summed E-state index contributed by atoms with van der Waals surface area (Å²) in [4.78, 5) is 14.3. The van der Waals surface area contributed by atoms with Gasteiger partial charge < -0.3 is 9.64 Å². The fourth-order valence-electron chi connectivity index (χ4n) is 4.25. The number of methoxy groups -OCH3 is 1. The molecule has 0 aromatic heterocycles. The average Bonchev–Trinajstić information content (AvgIpc) is 2.72. The first-order valence-corrected chi connectivity index (χ1v) is 9.74. The van der Waals surface area contributed by atoms with Crippen molar-refractivity contribution in [3.63, 3.8) is 0 Å². The molecule has 1 aliphatic heterocycles. The lowest BCUT2D eigenvalue weighted by Gasteiger charge is -2.42. The number of nitrogens with zero attached hydrogens (tertiary/aromatic N) is 2. The lowest BCUT2D eigenvalue weighted by atomic mass is 9.79. The number of unbranched alkanes of at least 4 members (excludes halogenated alkanes) is 1. The molecule has 0 spiro atoms. The van der Waals surface area contributed by atoms with Crippen molar-refractivity contribution in [3.05, 3.63) is 70.3 Å². The van der Waals surface area contributed by atoms with Crippen LogP contribution in [0, 0.1) is 10.1 Å². The SMILES string of the molecule is CCCC[C@@H]1[C@H]([N+](=O)[O-])[C@H](c2ccccc2)CCN1c1ccc(OC)cc1. The molecule has 0 radical (unpaired) electrons. The van der Waals surface area contributed by atoms with E-state index < -0.39 is 6.04 Å². The molecule has 1 saturated heterocycles. The second-order valence-corrected chi connectivity index (χ2v) is 7.18. The van der Waals surface area contributed by atoms with Crippen LogP contribution in [0.3, 0.4) is 0 Å². The molecule has 3 rings (SSSR count). The van der Waals surface area contributed by atoms with Gasteiger partial charge in [-0.15, -0.1) is 0 Å². The van der Waals surface area contributed by atoms with Crippen LogP contribution in [-0.4, -0.2) is 30.7 Å². The van der Waals surface area contributed by atoms with Gasteiger partial charge in [-0.05, 0) is 42.7 Å². The van der Waals surface area contributed by atoms with Gasteiger partial charge in [0.05, 0.1) is 19.1 Å². The summed E-state index contributed by atoms with van der Waals surface area (Å²) in [5, 5.41) is 12.1. The van der Waals surface area contributed by atoms with E-state index in [1.165, 1.54) is 0 Å². The number of hydrogen-bond acceptors (Lipinski definition) is 4. The van der Waals surface area contributed by atoms with Crippen LogP contribution in [0.5, 0.6) is 5.75 Å². The van der Waals surface area contributed by atoms with E-state index in [1.807, 2.05) is 54.6 Å². The minimum Gasteiger partial charge on any atom is -0.497 e. The zero-order valence-electron chi connectivity index (χ0n) is 16.1. The molecule has 0 unspecified atom stereocenters. The molecule has 144 valence electrons. The molecule has 5 nitrogen and oxygen atoms in total. The summed E-state index contributed by atoms with van der Waals surface area (Å²) in [7, 11) is 1.65. The van der Waals surface area contributed by atoms with Gasteiger partial charge in [0.1, 0.15) is 5.75 Å². The van der Waals surface area contributed by atoms with Crippen LogP contribution >= 0.6 is 0 Å². The van der Waals surface area contributed by atoms with E-state index in [1.54, 1.807) is 7.11 Å². The maximum Gasteiger partial charge on any atom is 0.239 e. The molecule has 1 heterocycles. The minimum atomic E-state index is -0.602. The number of benzene rings is 2. The van der Waals surface area contributed by atoms with Crippen molar-refractivity contribution in [3.8, 4) is 5.75 Å². The predicted octanol–water partition coefficient (Wildman–Crippen LogP) is 4.89. The summed E-state index contributed by atoms with van der Waals surface area (Å²) in [5.74, 6) is 0.756. The molecule has 2 aromatic carbocycles. The van der Waals surface area contributed by atoms with Gasteiger partial charge in [0.2, 0.25) is 6.04 Å². The smallest absolute Gasteiger partial charge is 0.239 e. The molecule has 3 atom stereocenters. The first kappa shape index (κ1) is 19.2. The normalized spacial score (nSPS) is 22.4. The first-order valence-electron chi connectivity index (χ1n) is 9.74. The third-order valence-corrected chi connectivity index (χ3v) is 5.62. The molecule has 0 bridgehead atoms.